The molecule has 0 unspecified atom stereocenters. The van der Waals surface area contributed by atoms with Gasteiger partial charge in [0.1, 0.15) is 5.01 Å². The van der Waals surface area contributed by atoms with Gasteiger partial charge in [-0.1, -0.05) is 22.7 Å². The van der Waals surface area contributed by atoms with Crippen LogP contribution in [0.15, 0.2) is 12.4 Å². The zero-order valence-electron chi connectivity index (χ0n) is 8.34. The molecule has 0 bridgehead atoms. The molecule has 0 atom stereocenters. The van der Waals surface area contributed by atoms with Crippen LogP contribution in [-0.4, -0.2) is 19.9 Å². The molecule has 3 aromatic rings. The maximum atomic E-state index is 5.66. The lowest BCUT2D eigenvalue weighted by Gasteiger charge is -1.88. The summed E-state index contributed by atoms with van der Waals surface area (Å²) >= 11 is 2.95. The summed E-state index contributed by atoms with van der Waals surface area (Å²) in [7, 11) is 0. The fourth-order valence-corrected chi connectivity index (χ4v) is 3.22. The Morgan fingerprint density at radius 1 is 1.12 bits per heavy atom. The second kappa shape index (κ2) is 3.46. The Balaban J connectivity index is 2.22. The smallest absolute Gasteiger partial charge is 0.190 e. The van der Waals surface area contributed by atoms with Gasteiger partial charge in [-0.2, -0.15) is 0 Å². The number of nitrogen functional groups attached to an aromatic ring is 1. The van der Waals surface area contributed by atoms with Gasteiger partial charge in [-0.15, -0.1) is 0 Å². The fourth-order valence-electron chi connectivity index (χ4n) is 1.39. The molecule has 80 valence electrons. The average Bonchev–Trinajstić information content (AvgIpc) is 2.81. The van der Waals surface area contributed by atoms with Crippen LogP contribution in [0.4, 0.5) is 5.13 Å². The molecule has 3 rings (SSSR count). The molecule has 0 saturated carbocycles. The molecular formula is C9H7N5S2. The van der Waals surface area contributed by atoms with Crippen LogP contribution in [0, 0.1) is 6.92 Å². The number of thiazole rings is 2. The first-order chi connectivity index (χ1) is 7.74. The maximum absolute atomic E-state index is 5.66. The number of anilines is 1. The van der Waals surface area contributed by atoms with Crippen molar-refractivity contribution >= 4 is 38.3 Å². The van der Waals surface area contributed by atoms with Gasteiger partial charge in [0, 0.05) is 12.4 Å². The van der Waals surface area contributed by atoms with Crippen molar-refractivity contribution in [1.82, 2.24) is 19.9 Å². The zero-order valence-corrected chi connectivity index (χ0v) is 9.97. The molecule has 3 heterocycles. The molecule has 2 N–H and O–H groups in total. The molecule has 16 heavy (non-hydrogen) atoms. The van der Waals surface area contributed by atoms with E-state index in [1.54, 1.807) is 12.4 Å². The molecule has 0 amide bonds. The van der Waals surface area contributed by atoms with E-state index < -0.39 is 0 Å². The molecule has 0 aromatic carbocycles. The Morgan fingerprint density at radius 3 is 2.62 bits per heavy atom. The van der Waals surface area contributed by atoms with Crippen LogP contribution in [0.3, 0.4) is 0 Å². The summed E-state index contributed by atoms with van der Waals surface area (Å²) in [6.07, 6.45) is 3.30. The van der Waals surface area contributed by atoms with E-state index in [2.05, 4.69) is 19.9 Å². The third kappa shape index (κ3) is 1.44. The third-order valence-corrected chi connectivity index (χ3v) is 4.15. The first-order valence-corrected chi connectivity index (χ1v) is 6.18. The molecule has 0 radical (unpaired) electrons. The second-order valence-electron chi connectivity index (χ2n) is 3.17. The molecule has 5 nitrogen and oxygen atoms in total. The van der Waals surface area contributed by atoms with E-state index >= 15 is 0 Å². The van der Waals surface area contributed by atoms with Crippen molar-refractivity contribution in [2.24, 2.45) is 0 Å². The van der Waals surface area contributed by atoms with E-state index in [1.807, 2.05) is 6.92 Å². The van der Waals surface area contributed by atoms with Gasteiger partial charge in [-0.3, -0.25) is 0 Å². The van der Waals surface area contributed by atoms with E-state index in [4.69, 9.17) is 5.73 Å². The second-order valence-corrected chi connectivity index (χ2v) is 5.18. The van der Waals surface area contributed by atoms with Crippen molar-refractivity contribution in [3.8, 4) is 9.88 Å². The first-order valence-electron chi connectivity index (χ1n) is 4.55. The number of aromatic nitrogens is 4. The Kier molecular flexibility index (Phi) is 2.08. The standard InChI is InChI=1S/C9H7N5S2/c1-4-5(15-9(10)13-4)7-14-6-8(16-7)12-3-2-11-6/h2-3H,1H3,(H2,10,13). The maximum Gasteiger partial charge on any atom is 0.190 e. The summed E-state index contributed by atoms with van der Waals surface area (Å²) in [5.74, 6) is 0. The van der Waals surface area contributed by atoms with Gasteiger partial charge in [0.2, 0.25) is 0 Å². The minimum atomic E-state index is 0.563. The van der Waals surface area contributed by atoms with Crippen LogP contribution in [0.1, 0.15) is 5.69 Å². The molecule has 7 heteroatoms. The van der Waals surface area contributed by atoms with Crippen molar-refractivity contribution in [3.05, 3.63) is 18.1 Å². The van der Waals surface area contributed by atoms with Gasteiger partial charge in [-0.05, 0) is 6.92 Å². The molecule has 0 aliphatic carbocycles. The third-order valence-electron chi connectivity index (χ3n) is 2.05. The zero-order chi connectivity index (χ0) is 11.1. The number of hydrogen-bond donors (Lipinski definition) is 1. The highest BCUT2D eigenvalue weighted by Crippen LogP contribution is 2.35. The lowest BCUT2D eigenvalue weighted by Crippen LogP contribution is -1.81. The van der Waals surface area contributed by atoms with Crippen molar-refractivity contribution in [3.63, 3.8) is 0 Å². The quantitative estimate of drug-likeness (QED) is 0.714. The fraction of sp³-hybridized carbons (Fsp3) is 0.111. The average molecular weight is 249 g/mol. The number of aryl methyl sites for hydroxylation is 1. The minimum absolute atomic E-state index is 0.563. The summed E-state index contributed by atoms with van der Waals surface area (Å²) < 4.78 is 0. The van der Waals surface area contributed by atoms with Crippen LogP contribution >= 0.6 is 22.7 Å². The van der Waals surface area contributed by atoms with Crippen molar-refractivity contribution in [1.29, 1.82) is 0 Å². The highest BCUT2D eigenvalue weighted by atomic mass is 32.1. The van der Waals surface area contributed by atoms with Crippen molar-refractivity contribution in [2.75, 3.05) is 5.73 Å². The van der Waals surface area contributed by atoms with Crippen molar-refractivity contribution in [2.45, 2.75) is 6.92 Å². The minimum Gasteiger partial charge on any atom is -0.375 e. The molecule has 3 aromatic heterocycles. The lowest BCUT2D eigenvalue weighted by molar-refractivity contribution is 1.25. The first kappa shape index (κ1) is 9.61. The summed E-state index contributed by atoms with van der Waals surface area (Å²) in [6.45, 7) is 1.93. The molecular weight excluding hydrogens is 242 g/mol. The number of nitrogens with two attached hydrogens (primary N) is 1. The van der Waals surface area contributed by atoms with E-state index in [0.717, 1.165) is 20.4 Å². The van der Waals surface area contributed by atoms with Gasteiger partial charge in [0.05, 0.1) is 10.6 Å². The van der Waals surface area contributed by atoms with Gasteiger partial charge in [0.15, 0.2) is 15.6 Å². The lowest BCUT2D eigenvalue weighted by atomic mass is 10.4. The van der Waals surface area contributed by atoms with Crippen LogP contribution < -0.4 is 5.73 Å². The normalized spacial score (nSPS) is 11.1. The Labute approximate surface area is 99.0 Å². The monoisotopic (exact) mass is 249 g/mol. The molecule has 0 fully saturated rings. The van der Waals surface area contributed by atoms with Gasteiger partial charge in [-0.25, -0.2) is 19.9 Å². The molecule has 0 aliphatic rings. The molecule has 0 aliphatic heterocycles. The number of rotatable bonds is 1. The van der Waals surface area contributed by atoms with Gasteiger partial charge in [0.25, 0.3) is 0 Å². The molecule has 0 spiro atoms. The van der Waals surface area contributed by atoms with E-state index in [0.29, 0.717) is 10.8 Å². The highest BCUT2D eigenvalue weighted by Gasteiger charge is 2.13. The Bertz CT molecular complexity index is 624. The number of fused-ring (bicyclic) bond motifs is 1. The predicted octanol–water partition coefficient (Wildman–Crippen LogP) is 2.10. The van der Waals surface area contributed by atoms with E-state index in [1.165, 1.54) is 22.7 Å². The Hall–Kier alpha value is -1.60. The van der Waals surface area contributed by atoms with Gasteiger partial charge < -0.3 is 5.73 Å². The summed E-state index contributed by atoms with van der Waals surface area (Å²) in [5.41, 5.74) is 7.24. The van der Waals surface area contributed by atoms with Crippen LogP contribution in [0.5, 0.6) is 0 Å². The van der Waals surface area contributed by atoms with Crippen LogP contribution in [0.2, 0.25) is 0 Å². The highest BCUT2D eigenvalue weighted by molar-refractivity contribution is 7.26. The Morgan fingerprint density at radius 2 is 1.94 bits per heavy atom. The van der Waals surface area contributed by atoms with E-state index in [9.17, 15) is 0 Å². The predicted molar refractivity (Wildman–Crippen MR) is 65.5 cm³/mol. The SMILES string of the molecule is Cc1nc(N)sc1-c1nc2nccnc2s1. The number of nitrogens with zero attached hydrogens (tertiary/aromatic N) is 4. The summed E-state index contributed by atoms with van der Waals surface area (Å²) in [5, 5.41) is 1.44. The van der Waals surface area contributed by atoms with E-state index in [-0.39, 0.29) is 0 Å². The van der Waals surface area contributed by atoms with Gasteiger partial charge >= 0.3 is 0 Å². The van der Waals surface area contributed by atoms with Crippen LogP contribution in [0.25, 0.3) is 20.4 Å². The molecule has 0 saturated heterocycles. The number of hydrogen-bond acceptors (Lipinski definition) is 7. The van der Waals surface area contributed by atoms with Crippen LogP contribution in [-0.2, 0) is 0 Å². The summed E-state index contributed by atoms with van der Waals surface area (Å²) in [4.78, 5) is 18.8. The van der Waals surface area contributed by atoms with Crippen molar-refractivity contribution < 1.29 is 0 Å². The summed E-state index contributed by atoms with van der Waals surface area (Å²) in [6, 6.07) is 0. The topological polar surface area (TPSA) is 77.6 Å². The largest absolute Gasteiger partial charge is 0.375 e.